The molecular formula is C24H26N8O3. The maximum Gasteiger partial charge on any atom is 0.328 e. The average molecular weight is 475 g/mol. The lowest BCUT2D eigenvalue weighted by Gasteiger charge is -2.37. The number of aromatic nitrogens is 3. The van der Waals surface area contributed by atoms with Gasteiger partial charge < -0.3 is 15.7 Å². The fraction of sp³-hybridized carbons (Fsp3) is 0.292. The molecular weight excluding hydrogens is 448 g/mol. The molecule has 0 radical (unpaired) electrons. The minimum absolute atomic E-state index is 0.141. The van der Waals surface area contributed by atoms with Gasteiger partial charge in [-0.1, -0.05) is 12.1 Å². The largest absolute Gasteiger partial charge is 0.507 e. The minimum atomic E-state index is -0.416. The van der Waals surface area contributed by atoms with Gasteiger partial charge in [0, 0.05) is 57.4 Å². The highest BCUT2D eigenvalue weighted by Gasteiger charge is 2.27. The first kappa shape index (κ1) is 22.5. The van der Waals surface area contributed by atoms with Gasteiger partial charge in [-0.05, 0) is 29.8 Å². The van der Waals surface area contributed by atoms with Crippen molar-refractivity contribution in [3.05, 3.63) is 54.4 Å². The number of phenolic OH excluding ortho intramolecular Hbond substituents is 1. The van der Waals surface area contributed by atoms with E-state index in [1.165, 1.54) is 0 Å². The Morgan fingerprint density at radius 3 is 2.57 bits per heavy atom. The number of hydrogen-bond donors (Lipinski definition) is 3. The molecule has 0 saturated carbocycles. The molecule has 0 atom stereocenters. The van der Waals surface area contributed by atoms with E-state index < -0.39 is 6.03 Å². The van der Waals surface area contributed by atoms with Gasteiger partial charge in [-0.15, -0.1) is 10.2 Å². The van der Waals surface area contributed by atoms with Crippen LogP contribution in [0.5, 0.6) is 5.75 Å². The third-order valence-corrected chi connectivity index (χ3v) is 6.32. The number of aromatic hydroxyl groups is 1. The van der Waals surface area contributed by atoms with Gasteiger partial charge in [0.25, 0.3) is 0 Å². The predicted octanol–water partition coefficient (Wildman–Crippen LogP) is 1.59. The van der Waals surface area contributed by atoms with E-state index in [2.05, 4.69) is 30.3 Å². The fourth-order valence-corrected chi connectivity index (χ4v) is 4.44. The molecule has 2 aliphatic heterocycles. The number of amides is 3. The molecule has 2 fully saturated rings. The number of carbonyl (C=O) groups excluding carboxylic acids is 2. The van der Waals surface area contributed by atoms with Crippen molar-refractivity contribution in [2.24, 2.45) is 0 Å². The quantitative estimate of drug-likeness (QED) is 0.503. The summed E-state index contributed by atoms with van der Waals surface area (Å²) in [6.07, 6.45) is 3.65. The predicted molar refractivity (Wildman–Crippen MR) is 131 cm³/mol. The van der Waals surface area contributed by atoms with E-state index in [0.29, 0.717) is 30.2 Å². The smallest absolute Gasteiger partial charge is 0.328 e. The number of benzene rings is 1. The summed E-state index contributed by atoms with van der Waals surface area (Å²) in [4.78, 5) is 34.1. The maximum absolute atomic E-state index is 12.3. The van der Waals surface area contributed by atoms with E-state index in [-0.39, 0.29) is 18.1 Å². The number of urea groups is 1. The number of nitrogen functional groups attached to an aromatic ring is 1. The van der Waals surface area contributed by atoms with Gasteiger partial charge in [-0.2, -0.15) is 0 Å². The van der Waals surface area contributed by atoms with Crippen LogP contribution in [0.3, 0.4) is 0 Å². The molecule has 11 nitrogen and oxygen atoms in total. The molecule has 180 valence electrons. The fourth-order valence-electron chi connectivity index (χ4n) is 4.44. The maximum atomic E-state index is 12.3. The number of para-hydroxylation sites is 1. The van der Waals surface area contributed by atoms with Crippen molar-refractivity contribution in [1.82, 2.24) is 25.4 Å². The Morgan fingerprint density at radius 2 is 1.80 bits per heavy atom. The number of anilines is 3. The SMILES string of the molecule is Nc1nnc(-c2ccccc2O)cc1N1CCN(Cc2ccncc2N2CCC(=O)NC2=O)CC1. The lowest BCUT2D eigenvalue weighted by atomic mass is 10.1. The number of nitrogens with two attached hydrogens (primary N) is 1. The van der Waals surface area contributed by atoms with Gasteiger partial charge in [-0.3, -0.25) is 24.9 Å². The van der Waals surface area contributed by atoms with Crippen LogP contribution in [-0.4, -0.2) is 69.8 Å². The number of phenols is 1. The molecule has 2 saturated heterocycles. The first-order valence-electron chi connectivity index (χ1n) is 11.4. The van der Waals surface area contributed by atoms with Crippen LogP contribution in [0.1, 0.15) is 12.0 Å². The lowest BCUT2D eigenvalue weighted by molar-refractivity contribution is -0.120. The van der Waals surface area contributed by atoms with Gasteiger partial charge in [-0.25, -0.2) is 4.79 Å². The molecule has 35 heavy (non-hydrogen) atoms. The third kappa shape index (κ3) is 4.71. The topological polar surface area (TPSA) is 141 Å². The molecule has 4 N–H and O–H groups in total. The third-order valence-electron chi connectivity index (χ3n) is 6.32. The summed E-state index contributed by atoms with van der Waals surface area (Å²) >= 11 is 0. The number of imide groups is 1. The monoisotopic (exact) mass is 474 g/mol. The normalized spacial score (nSPS) is 16.9. The summed E-state index contributed by atoms with van der Waals surface area (Å²) in [6, 6.07) is 10.4. The molecule has 4 heterocycles. The Kier molecular flexibility index (Phi) is 6.15. The average Bonchev–Trinajstić information content (AvgIpc) is 2.86. The van der Waals surface area contributed by atoms with Gasteiger partial charge >= 0.3 is 6.03 Å². The highest BCUT2D eigenvalue weighted by Crippen LogP contribution is 2.32. The van der Waals surface area contributed by atoms with E-state index in [0.717, 1.165) is 43.1 Å². The zero-order valence-electron chi connectivity index (χ0n) is 19.1. The van der Waals surface area contributed by atoms with Gasteiger partial charge in [0.15, 0.2) is 5.82 Å². The van der Waals surface area contributed by atoms with E-state index >= 15 is 0 Å². The van der Waals surface area contributed by atoms with Gasteiger partial charge in [0.2, 0.25) is 5.91 Å². The Morgan fingerprint density at radius 1 is 1.00 bits per heavy atom. The van der Waals surface area contributed by atoms with Crippen molar-refractivity contribution < 1.29 is 14.7 Å². The van der Waals surface area contributed by atoms with Crippen LogP contribution in [0.4, 0.5) is 22.0 Å². The summed E-state index contributed by atoms with van der Waals surface area (Å²) in [5.74, 6) is 0.227. The zero-order valence-corrected chi connectivity index (χ0v) is 19.1. The van der Waals surface area contributed by atoms with Gasteiger partial charge in [0.1, 0.15) is 5.75 Å². The van der Waals surface area contributed by atoms with Crippen molar-refractivity contribution in [3.63, 3.8) is 0 Å². The molecule has 3 aromatic rings. The van der Waals surface area contributed by atoms with Crippen LogP contribution in [-0.2, 0) is 11.3 Å². The van der Waals surface area contributed by atoms with Crippen molar-refractivity contribution in [1.29, 1.82) is 0 Å². The first-order chi connectivity index (χ1) is 17.0. The van der Waals surface area contributed by atoms with Crippen molar-refractivity contribution in [2.45, 2.75) is 13.0 Å². The highest BCUT2D eigenvalue weighted by atomic mass is 16.3. The number of pyridine rings is 1. The molecule has 1 aromatic carbocycles. The first-order valence-corrected chi connectivity index (χ1v) is 11.4. The van der Waals surface area contributed by atoms with Crippen LogP contribution in [0, 0.1) is 0 Å². The van der Waals surface area contributed by atoms with E-state index in [4.69, 9.17) is 5.73 Å². The molecule has 11 heteroatoms. The number of carbonyl (C=O) groups is 2. The molecule has 0 spiro atoms. The number of nitrogens with one attached hydrogen (secondary N) is 1. The Labute approximate surface area is 202 Å². The molecule has 0 aliphatic carbocycles. The lowest BCUT2D eigenvalue weighted by Crippen LogP contribution is -2.50. The Balaban J connectivity index is 1.28. The summed E-state index contributed by atoms with van der Waals surface area (Å²) < 4.78 is 0. The molecule has 3 amide bonds. The summed E-state index contributed by atoms with van der Waals surface area (Å²) in [5.41, 5.74) is 9.81. The molecule has 0 unspecified atom stereocenters. The number of hydrogen-bond acceptors (Lipinski definition) is 9. The second-order valence-corrected chi connectivity index (χ2v) is 8.54. The van der Waals surface area contributed by atoms with E-state index in [1.54, 1.807) is 35.5 Å². The standard InChI is InChI=1S/C24H26N8O3/c25-23-19(13-18(28-29-23)17-3-1-2-4-21(17)33)31-11-9-30(10-12-31)15-16-5-7-26-14-20(16)32-8-6-22(34)27-24(32)35/h1-5,7,13-14,33H,6,8-12,15H2,(H2,25,29)(H,27,34,35). The second-order valence-electron chi connectivity index (χ2n) is 8.54. The minimum Gasteiger partial charge on any atom is -0.507 e. The van der Waals surface area contributed by atoms with Crippen LogP contribution in [0.15, 0.2) is 48.8 Å². The van der Waals surface area contributed by atoms with Gasteiger partial charge in [0.05, 0.1) is 23.3 Å². The Bertz CT molecular complexity index is 1260. The highest BCUT2D eigenvalue weighted by molar-refractivity contribution is 6.05. The summed E-state index contributed by atoms with van der Waals surface area (Å²) in [6.45, 7) is 4.01. The van der Waals surface area contributed by atoms with Crippen molar-refractivity contribution in [3.8, 4) is 17.0 Å². The number of piperazine rings is 1. The van der Waals surface area contributed by atoms with Crippen LogP contribution >= 0.6 is 0 Å². The van der Waals surface area contributed by atoms with Crippen LogP contribution in [0.25, 0.3) is 11.3 Å². The Hall–Kier alpha value is -4.25. The second kappa shape index (κ2) is 9.55. The molecule has 5 rings (SSSR count). The van der Waals surface area contributed by atoms with Crippen LogP contribution in [0.2, 0.25) is 0 Å². The molecule has 2 aromatic heterocycles. The number of nitrogens with zero attached hydrogens (tertiary/aromatic N) is 6. The van der Waals surface area contributed by atoms with Crippen molar-refractivity contribution >= 4 is 29.1 Å². The van der Waals surface area contributed by atoms with Crippen LogP contribution < -0.4 is 20.9 Å². The van der Waals surface area contributed by atoms with Crippen molar-refractivity contribution in [2.75, 3.05) is 48.3 Å². The van der Waals surface area contributed by atoms with E-state index in [9.17, 15) is 14.7 Å². The summed E-state index contributed by atoms with van der Waals surface area (Å²) in [7, 11) is 0. The molecule has 2 aliphatic rings. The zero-order chi connectivity index (χ0) is 24.4. The molecule has 0 bridgehead atoms. The van der Waals surface area contributed by atoms with E-state index in [1.807, 2.05) is 18.2 Å². The number of rotatable bonds is 5. The summed E-state index contributed by atoms with van der Waals surface area (Å²) in [5, 5.41) is 20.8.